The van der Waals surface area contributed by atoms with Crippen LogP contribution in [0.1, 0.15) is 5.56 Å². The minimum atomic E-state index is -2.71. The monoisotopic (exact) mass is 362 g/mol. The van der Waals surface area contributed by atoms with E-state index in [0.717, 1.165) is 0 Å². The van der Waals surface area contributed by atoms with E-state index in [9.17, 15) is 8.78 Å². The molecule has 15 heavy (non-hydrogen) atoms. The Kier molecular flexibility index (Phi) is 4.01. The molecule has 0 saturated carbocycles. The molecule has 0 aliphatic heterocycles. The second kappa shape index (κ2) is 4.55. The number of methoxy groups -OCH3 is 1. The van der Waals surface area contributed by atoms with E-state index in [0.29, 0.717) is 5.75 Å². The topological polar surface area (TPSA) is 9.23 Å². The van der Waals surface area contributed by atoms with Gasteiger partial charge < -0.3 is 4.74 Å². The van der Waals surface area contributed by atoms with Crippen molar-refractivity contribution in [1.29, 1.82) is 0 Å². The number of halogens is 5. The molecule has 6 heteroatoms. The van der Waals surface area contributed by atoms with Crippen LogP contribution < -0.4 is 4.74 Å². The van der Waals surface area contributed by atoms with Crippen LogP contribution >= 0.6 is 43.5 Å². The Morgan fingerprint density at radius 3 is 2.00 bits per heavy atom. The maximum Gasteiger partial charge on any atom is 0.285 e. The van der Waals surface area contributed by atoms with Crippen molar-refractivity contribution in [2.24, 2.45) is 0 Å². The Morgan fingerprint density at radius 1 is 1.20 bits per heavy atom. The number of alkyl halides is 5. The third-order valence-corrected chi connectivity index (χ3v) is 4.38. The van der Waals surface area contributed by atoms with Crippen LogP contribution in [-0.2, 0) is 4.58 Å². The largest absolute Gasteiger partial charge is 0.497 e. The third kappa shape index (κ3) is 2.82. The van der Waals surface area contributed by atoms with Gasteiger partial charge in [0.2, 0.25) is 4.58 Å². The Balaban J connectivity index is 3.06. The van der Waals surface area contributed by atoms with Gasteiger partial charge in [-0.3, -0.25) is 0 Å². The van der Waals surface area contributed by atoms with E-state index < -0.39 is 8.62 Å². The fraction of sp³-hybridized carbons (Fsp3) is 0.333. The summed E-state index contributed by atoms with van der Waals surface area (Å²) < 4.78 is 26.8. The third-order valence-electron chi connectivity index (χ3n) is 1.81. The first-order chi connectivity index (χ1) is 6.79. The van der Waals surface area contributed by atoms with E-state index in [4.69, 9.17) is 16.3 Å². The number of ether oxygens (including phenoxy) is 1. The van der Waals surface area contributed by atoms with Crippen molar-refractivity contribution in [3.05, 3.63) is 29.8 Å². The van der Waals surface area contributed by atoms with Crippen molar-refractivity contribution in [2.45, 2.75) is 8.62 Å². The Hall–Kier alpha value is 0.130. The first kappa shape index (κ1) is 13.2. The molecule has 0 heterocycles. The molecule has 0 aromatic heterocycles. The van der Waals surface area contributed by atoms with Gasteiger partial charge in [0.25, 0.3) is 4.04 Å². The van der Waals surface area contributed by atoms with Crippen molar-refractivity contribution in [1.82, 2.24) is 0 Å². The highest BCUT2D eigenvalue weighted by Gasteiger charge is 2.50. The zero-order chi connectivity index (χ0) is 11.7. The highest BCUT2D eigenvalue weighted by atomic mass is 79.9. The molecule has 0 aliphatic rings. The standard InChI is InChI=1S/C9H7Br2ClF2O/c1-15-7-4-2-6(3-5-7)8(10,13)9(11,12)14/h2-5H,1H3/t8-,9+/m0/s1. The smallest absolute Gasteiger partial charge is 0.285 e. The van der Waals surface area contributed by atoms with Gasteiger partial charge in [0.1, 0.15) is 5.75 Å². The second-order valence-electron chi connectivity index (χ2n) is 2.80. The van der Waals surface area contributed by atoms with Crippen LogP contribution in [-0.4, -0.2) is 11.1 Å². The van der Waals surface area contributed by atoms with Gasteiger partial charge >= 0.3 is 0 Å². The molecule has 1 rings (SSSR count). The van der Waals surface area contributed by atoms with Gasteiger partial charge in [-0.25, -0.2) is 8.78 Å². The number of hydrogen-bond acceptors (Lipinski definition) is 1. The average Bonchev–Trinajstić information content (AvgIpc) is 2.16. The highest BCUT2D eigenvalue weighted by Crippen LogP contribution is 2.51. The van der Waals surface area contributed by atoms with Gasteiger partial charge in [0.15, 0.2) is 0 Å². The van der Waals surface area contributed by atoms with Gasteiger partial charge in [-0.05, 0) is 44.0 Å². The normalized spacial score (nSPS) is 19.1. The quantitative estimate of drug-likeness (QED) is 0.719. The molecule has 0 fully saturated rings. The molecule has 0 bridgehead atoms. The average molecular weight is 364 g/mol. The maximum atomic E-state index is 13.9. The SMILES string of the molecule is COc1ccc([C@@](F)(Br)[C@](F)(Cl)Br)cc1. The van der Waals surface area contributed by atoms with E-state index >= 15 is 0 Å². The molecule has 0 amide bonds. The lowest BCUT2D eigenvalue weighted by Crippen LogP contribution is -2.29. The zero-order valence-corrected chi connectivity index (χ0v) is 11.5. The molecular weight excluding hydrogens is 357 g/mol. The van der Waals surface area contributed by atoms with E-state index in [2.05, 4.69) is 31.9 Å². The minimum Gasteiger partial charge on any atom is -0.497 e. The molecule has 2 atom stereocenters. The lowest BCUT2D eigenvalue weighted by molar-refractivity contribution is 0.183. The summed E-state index contributed by atoms with van der Waals surface area (Å²) in [5.74, 6) is 0.552. The van der Waals surface area contributed by atoms with Crippen molar-refractivity contribution in [3.63, 3.8) is 0 Å². The molecule has 0 saturated heterocycles. The summed E-state index contributed by atoms with van der Waals surface area (Å²) in [6.07, 6.45) is 0. The van der Waals surface area contributed by atoms with Crippen molar-refractivity contribution in [3.8, 4) is 5.75 Å². The van der Waals surface area contributed by atoms with Crippen molar-refractivity contribution in [2.75, 3.05) is 7.11 Å². The Labute approximate surface area is 108 Å². The molecule has 0 unspecified atom stereocenters. The second-order valence-corrected chi connectivity index (χ2v) is 5.96. The number of rotatable bonds is 3. The molecule has 1 nitrogen and oxygen atoms in total. The van der Waals surface area contributed by atoms with Crippen molar-refractivity contribution >= 4 is 43.5 Å². The Bertz CT molecular complexity index is 335. The summed E-state index contributed by atoms with van der Waals surface area (Å²) in [6.45, 7) is 0. The van der Waals surface area contributed by atoms with Crippen LogP contribution in [0.25, 0.3) is 0 Å². The molecule has 1 aromatic rings. The van der Waals surface area contributed by atoms with Gasteiger partial charge in [-0.2, -0.15) is 0 Å². The molecule has 0 aliphatic carbocycles. The van der Waals surface area contributed by atoms with E-state index in [-0.39, 0.29) is 5.56 Å². The van der Waals surface area contributed by atoms with Crippen LogP contribution in [0.15, 0.2) is 24.3 Å². The first-order valence-corrected chi connectivity index (χ1v) is 5.84. The molecule has 84 valence electrons. The van der Waals surface area contributed by atoms with Crippen LogP contribution in [0.2, 0.25) is 0 Å². The number of hydrogen-bond donors (Lipinski definition) is 0. The lowest BCUT2D eigenvalue weighted by atomic mass is 10.1. The predicted octanol–water partition coefficient (Wildman–Crippen LogP) is 4.47. The highest BCUT2D eigenvalue weighted by molar-refractivity contribution is 9.13. The number of benzene rings is 1. The van der Waals surface area contributed by atoms with E-state index in [1.54, 1.807) is 0 Å². The molecule has 0 spiro atoms. The minimum absolute atomic E-state index is 0.0534. The van der Waals surface area contributed by atoms with Crippen LogP contribution in [0.3, 0.4) is 0 Å². The predicted molar refractivity (Wildman–Crippen MR) is 63.3 cm³/mol. The summed E-state index contributed by atoms with van der Waals surface area (Å²) in [6, 6.07) is 5.79. The van der Waals surface area contributed by atoms with Crippen LogP contribution in [0.5, 0.6) is 5.75 Å². The van der Waals surface area contributed by atoms with Crippen LogP contribution in [0.4, 0.5) is 8.78 Å². The van der Waals surface area contributed by atoms with Crippen molar-refractivity contribution < 1.29 is 13.5 Å². The molecular formula is C9H7Br2ClF2O. The van der Waals surface area contributed by atoms with Crippen LogP contribution in [0, 0.1) is 0 Å². The van der Waals surface area contributed by atoms with Gasteiger partial charge in [0.05, 0.1) is 7.11 Å². The van der Waals surface area contributed by atoms with Gasteiger partial charge in [-0.15, -0.1) is 0 Å². The molecule has 0 N–H and O–H groups in total. The maximum absolute atomic E-state index is 13.9. The lowest BCUT2D eigenvalue weighted by Gasteiger charge is -2.25. The fourth-order valence-corrected chi connectivity index (χ4v) is 1.57. The van der Waals surface area contributed by atoms with E-state index in [1.807, 2.05) is 0 Å². The summed E-state index contributed by atoms with van der Waals surface area (Å²) in [4.78, 5) is 0. The fourth-order valence-electron chi connectivity index (χ4n) is 0.964. The summed E-state index contributed by atoms with van der Waals surface area (Å²) in [5.41, 5.74) is 0.0534. The zero-order valence-electron chi connectivity index (χ0n) is 7.61. The van der Waals surface area contributed by atoms with Gasteiger partial charge in [0, 0.05) is 5.56 Å². The first-order valence-electron chi connectivity index (χ1n) is 3.88. The molecule has 1 aromatic carbocycles. The van der Waals surface area contributed by atoms with Gasteiger partial charge in [-0.1, -0.05) is 23.7 Å². The summed E-state index contributed by atoms with van der Waals surface area (Å²) in [7, 11) is 1.48. The molecule has 0 radical (unpaired) electrons. The summed E-state index contributed by atoms with van der Waals surface area (Å²) in [5, 5.41) is 0. The summed E-state index contributed by atoms with van der Waals surface area (Å²) >= 11 is 10.2. The van der Waals surface area contributed by atoms with E-state index in [1.165, 1.54) is 31.4 Å². The Morgan fingerprint density at radius 2 is 1.67 bits per heavy atom.